The Bertz CT molecular complexity index is 954. The summed E-state index contributed by atoms with van der Waals surface area (Å²) >= 11 is 12.0. The first-order chi connectivity index (χ1) is 14.7. The van der Waals surface area contributed by atoms with Crippen LogP contribution in [0.4, 0.5) is 4.39 Å². The molecule has 1 unspecified atom stereocenters. The van der Waals surface area contributed by atoms with Crippen LogP contribution >= 0.6 is 23.2 Å². The average molecular weight is 467 g/mol. The smallest absolute Gasteiger partial charge is 0.254 e. The van der Waals surface area contributed by atoms with Crippen molar-refractivity contribution in [1.82, 2.24) is 9.80 Å². The lowest BCUT2D eigenvalue weighted by molar-refractivity contribution is -0.0340. The minimum absolute atomic E-state index is 0.168. The zero-order chi connectivity index (χ0) is 22.5. The topological polar surface area (TPSA) is 49.9 Å². The van der Waals surface area contributed by atoms with Gasteiger partial charge in [-0.05, 0) is 42.3 Å². The highest BCUT2D eigenvalue weighted by Crippen LogP contribution is 2.24. The fourth-order valence-corrected chi connectivity index (χ4v) is 3.86. The van der Waals surface area contributed by atoms with Gasteiger partial charge in [0, 0.05) is 37.3 Å². The Balaban J connectivity index is 1.71. The lowest BCUT2D eigenvalue weighted by Crippen LogP contribution is -2.51. The summed E-state index contributed by atoms with van der Waals surface area (Å²) in [5.74, 6) is -0.666. The maximum absolute atomic E-state index is 13.6. The third-order valence-electron chi connectivity index (χ3n) is 4.96. The van der Waals surface area contributed by atoms with E-state index in [1.807, 2.05) is 13.8 Å². The van der Waals surface area contributed by atoms with Gasteiger partial charge in [0.25, 0.3) is 11.8 Å². The minimum atomic E-state index is -0.456. The van der Waals surface area contributed by atoms with Gasteiger partial charge in [0.1, 0.15) is 5.82 Å². The molecular weight excluding hydrogens is 442 g/mol. The van der Waals surface area contributed by atoms with E-state index in [1.165, 1.54) is 18.2 Å². The Morgan fingerprint density at radius 2 is 1.94 bits per heavy atom. The Labute approximate surface area is 191 Å². The van der Waals surface area contributed by atoms with Gasteiger partial charge in [-0.25, -0.2) is 4.39 Å². The number of carbonyl (C=O) groups excluding carboxylic acids is 2. The van der Waals surface area contributed by atoms with E-state index < -0.39 is 5.82 Å². The van der Waals surface area contributed by atoms with Gasteiger partial charge in [0.2, 0.25) is 0 Å². The highest BCUT2D eigenvalue weighted by molar-refractivity contribution is 6.42. The summed E-state index contributed by atoms with van der Waals surface area (Å²) in [5, 5.41) is 0.708. The molecule has 1 aliphatic heterocycles. The van der Waals surface area contributed by atoms with Crippen molar-refractivity contribution in [2.45, 2.75) is 20.0 Å². The number of halogens is 3. The standard InChI is InChI=1S/C23H25Cl2FN2O3/c1-15(2)12-28(23(30)16-4-3-5-18(26)10-16)14-19-13-27(8-9-31-19)22(29)17-6-7-20(24)21(25)11-17/h3-7,10-11,15,19H,8-9,12-14H2,1-2H3. The molecule has 166 valence electrons. The van der Waals surface area contributed by atoms with Crippen LogP contribution in [0.15, 0.2) is 42.5 Å². The van der Waals surface area contributed by atoms with Crippen molar-refractivity contribution < 1.29 is 18.7 Å². The molecule has 0 aliphatic carbocycles. The lowest BCUT2D eigenvalue weighted by atomic mass is 10.1. The first-order valence-corrected chi connectivity index (χ1v) is 10.9. The molecule has 3 rings (SSSR count). The number of hydrogen-bond donors (Lipinski definition) is 0. The van der Waals surface area contributed by atoms with Gasteiger partial charge in [-0.1, -0.05) is 43.1 Å². The van der Waals surface area contributed by atoms with Crippen molar-refractivity contribution >= 4 is 35.0 Å². The van der Waals surface area contributed by atoms with Crippen molar-refractivity contribution in [2.24, 2.45) is 5.92 Å². The van der Waals surface area contributed by atoms with E-state index in [1.54, 1.807) is 34.1 Å². The monoisotopic (exact) mass is 466 g/mol. The van der Waals surface area contributed by atoms with Crippen LogP contribution in [-0.4, -0.2) is 60.5 Å². The van der Waals surface area contributed by atoms with E-state index in [9.17, 15) is 14.0 Å². The third kappa shape index (κ3) is 6.19. The molecule has 2 aromatic carbocycles. The largest absolute Gasteiger partial charge is 0.373 e. The Morgan fingerprint density at radius 1 is 1.16 bits per heavy atom. The molecule has 2 amide bonds. The predicted octanol–water partition coefficient (Wildman–Crippen LogP) is 4.77. The van der Waals surface area contributed by atoms with Gasteiger partial charge in [-0.2, -0.15) is 0 Å². The van der Waals surface area contributed by atoms with Crippen molar-refractivity contribution in [3.05, 3.63) is 69.5 Å². The zero-order valence-corrected chi connectivity index (χ0v) is 19.0. The molecule has 0 bridgehead atoms. The molecule has 1 aliphatic rings. The van der Waals surface area contributed by atoms with E-state index in [2.05, 4.69) is 0 Å². The summed E-state index contributed by atoms with van der Waals surface area (Å²) in [4.78, 5) is 29.3. The number of ether oxygens (including phenoxy) is 1. The van der Waals surface area contributed by atoms with Crippen LogP contribution in [0.1, 0.15) is 34.6 Å². The summed E-state index contributed by atoms with van der Waals surface area (Å²) in [6, 6.07) is 10.4. The minimum Gasteiger partial charge on any atom is -0.373 e. The summed E-state index contributed by atoms with van der Waals surface area (Å²) in [7, 11) is 0. The number of morpholine rings is 1. The maximum Gasteiger partial charge on any atom is 0.254 e. The van der Waals surface area contributed by atoms with Crippen LogP contribution in [-0.2, 0) is 4.74 Å². The van der Waals surface area contributed by atoms with Crippen molar-refractivity contribution in [1.29, 1.82) is 0 Å². The van der Waals surface area contributed by atoms with Crippen LogP contribution in [0.5, 0.6) is 0 Å². The quantitative estimate of drug-likeness (QED) is 0.615. The van der Waals surface area contributed by atoms with Crippen LogP contribution in [0.3, 0.4) is 0 Å². The zero-order valence-electron chi connectivity index (χ0n) is 17.5. The number of nitrogens with zero attached hydrogens (tertiary/aromatic N) is 2. The first-order valence-electron chi connectivity index (χ1n) is 10.2. The van der Waals surface area contributed by atoms with Crippen molar-refractivity contribution in [3.8, 4) is 0 Å². The number of amides is 2. The molecule has 31 heavy (non-hydrogen) atoms. The van der Waals surface area contributed by atoms with Crippen LogP contribution in [0.25, 0.3) is 0 Å². The predicted molar refractivity (Wildman–Crippen MR) is 119 cm³/mol. The van der Waals surface area contributed by atoms with Crippen LogP contribution < -0.4 is 0 Å². The van der Waals surface area contributed by atoms with Gasteiger partial charge in [0.15, 0.2) is 0 Å². The third-order valence-corrected chi connectivity index (χ3v) is 5.70. The van der Waals surface area contributed by atoms with Crippen LogP contribution in [0.2, 0.25) is 10.0 Å². The maximum atomic E-state index is 13.6. The summed E-state index contributed by atoms with van der Waals surface area (Å²) in [5.41, 5.74) is 0.741. The van der Waals surface area contributed by atoms with Gasteiger partial charge >= 0.3 is 0 Å². The molecule has 0 saturated carbocycles. The van der Waals surface area contributed by atoms with E-state index in [-0.39, 0.29) is 23.8 Å². The molecule has 8 heteroatoms. The molecule has 5 nitrogen and oxygen atoms in total. The number of benzene rings is 2. The van der Waals surface area contributed by atoms with Gasteiger partial charge < -0.3 is 14.5 Å². The second-order valence-electron chi connectivity index (χ2n) is 7.99. The molecule has 0 spiro atoms. The number of rotatable bonds is 6. The molecule has 1 atom stereocenters. The summed E-state index contributed by atoms with van der Waals surface area (Å²) in [6.07, 6.45) is -0.350. The molecule has 1 heterocycles. The van der Waals surface area contributed by atoms with Crippen molar-refractivity contribution in [2.75, 3.05) is 32.8 Å². The molecule has 0 N–H and O–H groups in total. The van der Waals surface area contributed by atoms with E-state index >= 15 is 0 Å². The number of carbonyl (C=O) groups is 2. The molecule has 0 radical (unpaired) electrons. The Kier molecular flexibility index (Phi) is 7.92. The van der Waals surface area contributed by atoms with Gasteiger partial charge in [-0.15, -0.1) is 0 Å². The highest BCUT2D eigenvalue weighted by atomic mass is 35.5. The molecular formula is C23H25Cl2FN2O3. The fourth-order valence-electron chi connectivity index (χ4n) is 3.56. The fraction of sp³-hybridized carbons (Fsp3) is 0.391. The van der Waals surface area contributed by atoms with Gasteiger partial charge in [-0.3, -0.25) is 9.59 Å². The Hall–Kier alpha value is -2.15. The highest BCUT2D eigenvalue weighted by Gasteiger charge is 2.29. The van der Waals surface area contributed by atoms with Crippen LogP contribution in [0, 0.1) is 11.7 Å². The second kappa shape index (κ2) is 10.4. The molecule has 1 saturated heterocycles. The first kappa shape index (κ1) is 23.5. The van der Waals surface area contributed by atoms with E-state index in [4.69, 9.17) is 27.9 Å². The molecule has 2 aromatic rings. The van der Waals surface area contributed by atoms with Gasteiger partial charge in [0.05, 0.1) is 22.8 Å². The van der Waals surface area contributed by atoms with E-state index in [0.29, 0.717) is 54.0 Å². The normalized spacial score (nSPS) is 16.5. The Morgan fingerprint density at radius 3 is 2.61 bits per heavy atom. The molecule has 1 fully saturated rings. The van der Waals surface area contributed by atoms with Crippen molar-refractivity contribution in [3.63, 3.8) is 0 Å². The average Bonchev–Trinajstić information content (AvgIpc) is 2.74. The lowest BCUT2D eigenvalue weighted by Gasteiger charge is -2.36. The molecule has 0 aromatic heterocycles. The number of hydrogen-bond acceptors (Lipinski definition) is 3. The second-order valence-corrected chi connectivity index (χ2v) is 8.80. The summed E-state index contributed by atoms with van der Waals surface area (Å²) in [6.45, 7) is 5.96. The van der Waals surface area contributed by atoms with E-state index in [0.717, 1.165) is 0 Å². The SMILES string of the molecule is CC(C)CN(CC1CN(C(=O)c2ccc(Cl)c(Cl)c2)CCO1)C(=O)c1cccc(F)c1. The summed E-state index contributed by atoms with van der Waals surface area (Å²) < 4.78 is 19.5.